The summed E-state index contributed by atoms with van der Waals surface area (Å²) < 4.78 is 4.72. The van der Waals surface area contributed by atoms with E-state index in [1.165, 1.54) is 0 Å². The van der Waals surface area contributed by atoms with Crippen molar-refractivity contribution in [1.82, 2.24) is 15.5 Å². The van der Waals surface area contributed by atoms with Gasteiger partial charge >= 0.3 is 5.97 Å². The van der Waals surface area contributed by atoms with E-state index in [2.05, 4.69) is 84.4 Å². The summed E-state index contributed by atoms with van der Waals surface area (Å²) in [5.41, 5.74) is 0. The summed E-state index contributed by atoms with van der Waals surface area (Å²) in [6.07, 6.45) is 35.3. The van der Waals surface area contributed by atoms with Crippen LogP contribution in [-0.4, -0.2) is 62.5 Å². The first kappa shape index (κ1) is 36.5. The van der Waals surface area contributed by atoms with Crippen LogP contribution in [0.2, 0.25) is 0 Å². The Balaban J connectivity index is 3.71. The van der Waals surface area contributed by atoms with Gasteiger partial charge < -0.3 is 20.3 Å². The highest BCUT2D eigenvalue weighted by atomic mass is 16.5. The molecule has 0 radical (unpaired) electrons. The molecule has 0 heterocycles. The zero-order valence-corrected chi connectivity index (χ0v) is 24.9. The molecule has 0 fully saturated rings. The zero-order chi connectivity index (χ0) is 29.5. The van der Waals surface area contributed by atoms with Crippen molar-refractivity contribution in [3.05, 3.63) is 85.1 Å². The van der Waals surface area contributed by atoms with E-state index in [1.807, 2.05) is 18.0 Å². The summed E-state index contributed by atoms with van der Waals surface area (Å²) in [6.45, 7) is 6.43. The third kappa shape index (κ3) is 27.6. The van der Waals surface area contributed by atoms with E-state index in [9.17, 15) is 14.4 Å². The van der Waals surface area contributed by atoms with Gasteiger partial charge in [-0.25, -0.2) is 4.79 Å². The molecule has 0 aliphatic carbocycles. The molecule has 0 saturated carbocycles. The Bertz CT molecular complexity index is 882. The zero-order valence-electron chi connectivity index (χ0n) is 24.9. The molecule has 0 aromatic heterocycles. The average molecular weight is 554 g/mol. The fraction of sp³-hybridized carbons (Fsp3) is 0.485. The maximum absolute atomic E-state index is 12.0. The first-order valence-corrected chi connectivity index (χ1v) is 14.5. The van der Waals surface area contributed by atoms with Crippen molar-refractivity contribution in [3.63, 3.8) is 0 Å². The van der Waals surface area contributed by atoms with Gasteiger partial charge in [0.2, 0.25) is 11.8 Å². The molecule has 0 spiro atoms. The highest BCUT2D eigenvalue weighted by molar-refractivity contribution is 5.94. The number of nitrogens with zero attached hydrogens (tertiary/aromatic N) is 1. The van der Waals surface area contributed by atoms with E-state index in [0.717, 1.165) is 57.1 Å². The van der Waals surface area contributed by atoms with Crippen molar-refractivity contribution in [1.29, 1.82) is 0 Å². The SMILES string of the molecule is CC/C=C\C/C=C\C/C=C\C/C=C\C/C=C\C/C=C\CCC(=O)NCCN(C)CCNC(=O)/C=C/C(=O)OCC. The normalized spacial score (nSPS) is 12.5. The number of hydrogen-bond acceptors (Lipinski definition) is 5. The molecule has 0 bridgehead atoms. The standard InChI is InChI=1S/C33H51N3O4/c1-4-6-7-8-9-10-11-12-13-14-15-16-17-18-19-20-21-22-23-24-31(37)34-27-29-36(3)30-28-35-32(38)25-26-33(39)40-5-2/h6-7,9-10,12-13,15-16,18-19,21-22,25-26H,4-5,8,11,14,17,20,23-24,27-30H2,1-3H3,(H,34,37)(H,35,38)/b7-6-,10-9-,13-12-,16-15-,19-18-,22-21-,26-25+. The van der Waals surface area contributed by atoms with Gasteiger partial charge in [0.05, 0.1) is 6.61 Å². The molecule has 2 N–H and O–H groups in total. The Hall–Kier alpha value is -3.45. The van der Waals surface area contributed by atoms with Crippen LogP contribution >= 0.6 is 0 Å². The number of amides is 2. The molecule has 222 valence electrons. The first-order chi connectivity index (χ1) is 19.5. The number of likely N-dealkylation sites (N-methyl/N-ethyl adjacent to an activating group) is 1. The smallest absolute Gasteiger partial charge is 0.330 e. The molecule has 0 unspecified atom stereocenters. The number of carbonyl (C=O) groups excluding carboxylic acids is 3. The van der Waals surface area contributed by atoms with Crippen LogP contribution in [0, 0.1) is 0 Å². The maximum Gasteiger partial charge on any atom is 0.330 e. The molecule has 0 aromatic carbocycles. The van der Waals surface area contributed by atoms with E-state index in [-0.39, 0.29) is 18.4 Å². The summed E-state index contributed by atoms with van der Waals surface area (Å²) >= 11 is 0. The van der Waals surface area contributed by atoms with Crippen LogP contribution in [0.3, 0.4) is 0 Å². The van der Waals surface area contributed by atoms with Crippen LogP contribution < -0.4 is 10.6 Å². The van der Waals surface area contributed by atoms with E-state index in [0.29, 0.717) is 32.6 Å². The monoisotopic (exact) mass is 553 g/mol. The minimum absolute atomic E-state index is 0.0327. The van der Waals surface area contributed by atoms with Crippen molar-refractivity contribution >= 4 is 17.8 Å². The maximum atomic E-state index is 12.0. The van der Waals surface area contributed by atoms with Crippen molar-refractivity contribution in [2.75, 3.05) is 39.8 Å². The van der Waals surface area contributed by atoms with Crippen LogP contribution in [0.4, 0.5) is 0 Å². The van der Waals surface area contributed by atoms with E-state index >= 15 is 0 Å². The third-order valence-electron chi connectivity index (χ3n) is 5.40. The van der Waals surface area contributed by atoms with Crippen molar-refractivity contribution in [2.45, 2.75) is 65.2 Å². The highest BCUT2D eigenvalue weighted by Gasteiger charge is 2.03. The molecule has 40 heavy (non-hydrogen) atoms. The van der Waals surface area contributed by atoms with E-state index < -0.39 is 5.97 Å². The Kier molecular flexibility index (Phi) is 26.1. The number of carbonyl (C=O) groups is 3. The lowest BCUT2D eigenvalue weighted by molar-refractivity contribution is -0.137. The van der Waals surface area contributed by atoms with Crippen LogP contribution in [0.1, 0.15) is 65.2 Å². The second-order valence-electron chi connectivity index (χ2n) is 8.98. The van der Waals surface area contributed by atoms with Crippen molar-refractivity contribution in [3.8, 4) is 0 Å². The number of nitrogens with one attached hydrogen (secondary N) is 2. The highest BCUT2D eigenvalue weighted by Crippen LogP contribution is 1.98. The Morgan fingerprint density at radius 2 is 1.12 bits per heavy atom. The molecule has 2 amide bonds. The van der Waals surface area contributed by atoms with E-state index in [4.69, 9.17) is 4.74 Å². The summed E-state index contributed by atoms with van der Waals surface area (Å²) in [5.74, 6) is -0.846. The van der Waals surface area contributed by atoms with Gasteiger partial charge in [0.15, 0.2) is 0 Å². The molecule has 7 heteroatoms. The number of rotatable bonds is 23. The molecular formula is C33H51N3O4. The lowest BCUT2D eigenvalue weighted by Crippen LogP contribution is -2.37. The fourth-order valence-electron chi connectivity index (χ4n) is 3.20. The summed E-state index contributed by atoms with van der Waals surface area (Å²) in [4.78, 5) is 36.8. The number of esters is 1. The first-order valence-electron chi connectivity index (χ1n) is 14.5. The van der Waals surface area contributed by atoms with Gasteiger partial charge in [-0.2, -0.15) is 0 Å². The third-order valence-corrected chi connectivity index (χ3v) is 5.40. The van der Waals surface area contributed by atoms with Gasteiger partial charge in [0.25, 0.3) is 0 Å². The lowest BCUT2D eigenvalue weighted by Gasteiger charge is -2.16. The molecule has 7 nitrogen and oxygen atoms in total. The minimum atomic E-state index is -0.536. The quantitative estimate of drug-likeness (QED) is 0.0956. The summed E-state index contributed by atoms with van der Waals surface area (Å²) in [5, 5.41) is 5.62. The second-order valence-corrected chi connectivity index (χ2v) is 8.98. The van der Waals surface area contributed by atoms with E-state index in [1.54, 1.807) is 6.92 Å². The summed E-state index contributed by atoms with van der Waals surface area (Å²) in [7, 11) is 1.92. The predicted octanol–water partition coefficient (Wildman–Crippen LogP) is 5.75. The molecule has 0 rings (SSSR count). The van der Waals surface area contributed by atoms with Crippen molar-refractivity contribution < 1.29 is 19.1 Å². The topological polar surface area (TPSA) is 87.7 Å². The van der Waals surface area contributed by atoms with Gasteiger partial charge in [-0.15, -0.1) is 0 Å². The molecule has 0 aliphatic heterocycles. The molecule has 0 atom stereocenters. The Morgan fingerprint density at radius 1 is 0.650 bits per heavy atom. The molecule has 0 aromatic rings. The Labute approximate surface area is 242 Å². The van der Waals surface area contributed by atoms with Crippen LogP contribution in [0.5, 0.6) is 0 Å². The number of ether oxygens (including phenoxy) is 1. The Morgan fingerprint density at radius 3 is 1.62 bits per heavy atom. The minimum Gasteiger partial charge on any atom is -0.463 e. The van der Waals surface area contributed by atoms with Crippen molar-refractivity contribution in [2.24, 2.45) is 0 Å². The van der Waals surface area contributed by atoms with Crippen LogP contribution in [0.25, 0.3) is 0 Å². The predicted molar refractivity (Wildman–Crippen MR) is 167 cm³/mol. The summed E-state index contributed by atoms with van der Waals surface area (Å²) in [6, 6.07) is 0. The largest absolute Gasteiger partial charge is 0.463 e. The fourth-order valence-corrected chi connectivity index (χ4v) is 3.20. The van der Waals surface area contributed by atoms with Gasteiger partial charge in [0, 0.05) is 44.8 Å². The molecule has 0 saturated heterocycles. The molecular weight excluding hydrogens is 502 g/mol. The molecule has 0 aliphatic rings. The number of hydrogen-bond donors (Lipinski definition) is 2. The van der Waals surface area contributed by atoms with Gasteiger partial charge in [-0.3, -0.25) is 9.59 Å². The van der Waals surface area contributed by atoms with Gasteiger partial charge in [-0.1, -0.05) is 79.8 Å². The van der Waals surface area contributed by atoms with Crippen LogP contribution in [0.15, 0.2) is 85.1 Å². The number of allylic oxidation sites excluding steroid dienone is 12. The average Bonchev–Trinajstić information content (AvgIpc) is 2.93. The van der Waals surface area contributed by atoms with Crippen LogP contribution in [-0.2, 0) is 19.1 Å². The van der Waals surface area contributed by atoms with Gasteiger partial charge in [0.1, 0.15) is 0 Å². The lowest BCUT2D eigenvalue weighted by atomic mass is 10.2. The second kappa shape index (κ2) is 28.6. The van der Waals surface area contributed by atoms with Gasteiger partial charge in [-0.05, 0) is 58.9 Å².